The van der Waals surface area contributed by atoms with Crippen molar-refractivity contribution in [1.29, 1.82) is 0 Å². The van der Waals surface area contributed by atoms with Gasteiger partial charge in [-0.2, -0.15) is 0 Å². The van der Waals surface area contributed by atoms with Gasteiger partial charge >= 0.3 is 0 Å². The molecule has 100 valence electrons. The number of piperazine rings is 1. The molecule has 1 heterocycles. The molecule has 0 spiro atoms. The maximum atomic E-state index is 11.9. The highest BCUT2D eigenvalue weighted by molar-refractivity contribution is 5.85. The molecule has 2 rings (SSSR count). The van der Waals surface area contributed by atoms with E-state index in [1.165, 1.54) is 12.8 Å². The molecule has 0 aromatic heterocycles. The standard InChI is InChI=1S/C12H22N2O2.ClH/c1-10-8-13-6-7-14(10)12(15)9-16-11-4-2-3-5-11;/h10-11,13H,2-9H2,1H3;1H/t10-;/m0./s1. The molecule has 4 nitrogen and oxygen atoms in total. The van der Waals surface area contributed by atoms with E-state index in [4.69, 9.17) is 4.74 Å². The number of hydrogen-bond acceptors (Lipinski definition) is 3. The first kappa shape index (κ1) is 14.7. The molecule has 1 N–H and O–H groups in total. The summed E-state index contributed by atoms with van der Waals surface area (Å²) in [6.07, 6.45) is 5.10. The van der Waals surface area contributed by atoms with E-state index in [0.29, 0.717) is 12.1 Å². The molecule has 1 aliphatic heterocycles. The molecule has 2 fully saturated rings. The smallest absolute Gasteiger partial charge is 0.248 e. The fourth-order valence-corrected chi connectivity index (χ4v) is 2.54. The highest BCUT2D eigenvalue weighted by Crippen LogP contribution is 2.20. The van der Waals surface area contributed by atoms with Crippen LogP contribution in [0.25, 0.3) is 0 Å². The average Bonchev–Trinajstić information content (AvgIpc) is 2.79. The van der Waals surface area contributed by atoms with Crippen LogP contribution < -0.4 is 5.32 Å². The fourth-order valence-electron chi connectivity index (χ4n) is 2.54. The predicted octanol–water partition coefficient (Wildman–Crippen LogP) is 1.19. The fraction of sp³-hybridized carbons (Fsp3) is 0.917. The number of amides is 1. The van der Waals surface area contributed by atoms with Crippen LogP contribution >= 0.6 is 12.4 Å². The largest absolute Gasteiger partial charge is 0.368 e. The summed E-state index contributed by atoms with van der Waals surface area (Å²) in [4.78, 5) is 13.9. The maximum absolute atomic E-state index is 11.9. The van der Waals surface area contributed by atoms with Gasteiger partial charge in [0.05, 0.1) is 6.10 Å². The van der Waals surface area contributed by atoms with E-state index in [0.717, 1.165) is 32.5 Å². The van der Waals surface area contributed by atoms with Crippen molar-refractivity contribution in [3.63, 3.8) is 0 Å². The van der Waals surface area contributed by atoms with Gasteiger partial charge in [-0.15, -0.1) is 12.4 Å². The van der Waals surface area contributed by atoms with E-state index >= 15 is 0 Å². The van der Waals surface area contributed by atoms with Crippen LogP contribution in [0.15, 0.2) is 0 Å². The van der Waals surface area contributed by atoms with Gasteiger partial charge in [-0.25, -0.2) is 0 Å². The first-order valence-electron chi connectivity index (χ1n) is 6.39. The molecule has 0 aromatic carbocycles. The summed E-state index contributed by atoms with van der Waals surface area (Å²) in [7, 11) is 0. The molecule has 1 amide bonds. The van der Waals surface area contributed by atoms with Crippen LogP contribution in [0.3, 0.4) is 0 Å². The van der Waals surface area contributed by atoms with Gasteiger partial charge in [0, 0.05) is 25.7 Å². The van der Waals surface area contributed by atoms with Gasteiger partial charge in [-0.3, -0.25) is 4.79 Å². The Morgan fingerprint density at radius 3 is 2.76 bits per heavy atom. The number of hydrogen-bond donors (Lipinski definition) is 1. The molecule has 2 aliphatic rings. The number of rotatable bonds is 3. The van der Waals surface area contributed by atoms with Gasteiger partial charge in [-0.1, -0.05) is 12.8 Å². The first-order chi connectivity index (χ1) is 7.77. The Hall–Kier alpha value is -0.320. The second-order valence-electron chi connectivity index (χ2n) is 4.86. The van der Waals surface area contributed by atoms with E-state index in [2.05, 4.69) is 12.2 Å². The van der Waals surface area contributed by atoms with Crippen molar-refractivity contribution < 1.29 is 9.53 Å². The zero-order valence-corrected chi connectivity index (χ0v) is 11.3. The zero-order chi connectivity index (χ0) is 11.4. The molecule has 1 saturated carbocycles. The Bertz CT molecular complexity index is 245. The number of nitrogens with zero attached hydrogens (tertiary/aromatic N) is 1. The van der Waals surface area contributed by atoms with Crippen molar-refractivity contribution in [3.05, 3.63) is 0 Å². The number of ether oxygens (including phenoxy) is 1. The molecule has 0 unspecified atom stereocenters. The molecular weight excluding hydrogens is 240 g/mol. The summed E-state index contributed by atoms with van der Waals surface area (Å²) in [5, 5.41) is 3.28. The minimum absolute atomic E-state index is 0. The Balaban J connectivity index is 0.00000144. The molecular formula is C12H23ClN2O2. The minimum atomic E-state index is 0. The monoisotopic (exact) mass is 262 g/mol. The van der Waals surface area contributed by atoms with Crippen LogP contribution in [-0.4, -0.2) is 49.2 Å². The van der Waals surface area contributed by atoms with Gasteiger partial charge in [-0.05, 0) is 19.8 Å². The van der Waals surface area contributed by atoms with Crippen molar-refractivity contribution >= 4 is 18.3 Å². The lowest BCUT2D eigenvalue weighted by molar-refractivity contribution is -0.140. The van der Waals surface area contributed by atoms with Crippen molar-refractivity contribution in [1.82, 2.24) is 10.2 Å². The summed E-state index contributed by atoms with van der Waals surface area (Å²) >= 11 is 0. The number of carbonyl (C=O) groups is 1. The van der Waals surface area contributed by atoms with E-state index < -0.39 is 0 Å². The Morgan fingerprint density at radius 1 is 1.41 bits per heavy atom. The van der Waals surface area contributed by atoms with Crippen LogP contribution in [0.1, 0.15) is 32.6 Å². The predicted molar refractivity (Wildman–Crippen MR) is 69.5 cm³/mol. The molecule has 1 atom stereocenters. The summed E-state index contributed by atoms with van der Waals surface area (Å²) in [5.41, 5.74) is 0. The second kappa shape index (κ2) is 7.19. The van der Waals surface area contributed by atoms with Crippen LogP contribution in [0, 0.1) is 0 Å². The minimum Gasteiger partial charge on any atom is -0.368 e. The van der Waals surface area contributed by atoms with Crippen LogP contribution in [0.5, 0.6) is 0 Å². The third-order valence-corrected chi connectivity index (χ3v) is 3.57. The Kier molecular flexibility index (Phi) is 6.23. The molecule has 0 aromatic rings. The molecule has 1 aliphatic carbocycles. The van der Waals surface area contributed by atoms with Gasteiger partial charge in [0.25, 0.3) is 0 Å². The third kappa shape index (κ3) is 4.12. The molecule has 0 bridgehead atoms. The van der Waals surface area contributed by atoms with Gasteiger partial charge < -0.3 is 15.0 Å². The SMILES string of the molecule is C[C@H]1CNCCN1C(=O)COC1CCCC1.Cl. The van der Waals surface area contributed by atoms with Crippen LogP contribution in [0.4, 0.5) is 0 Å². The molecule has 17 heavy (non-hydrogen) atoms. The summed E-state index contributed by atoms with van der Waals surface area (Å²) in [5.74, 6) is 0.154. The Labute approximate surface area is 109 Å². The van der Waals surface area contributed by atoms with Crippen LogP contribution in [-0.2, 0) is 9.53 Å². The van der Waals surface area contributed by atoms with Crippen molar-refractivity contribution in [2.24, 2.45) is 0 Å². The first-order valence-corrected chi connectivity index (χ1v) is 6.39. The number of nitrogens with one attached hydrogen (secondary N) is 1. The third-order valence-electron chi connectivity index (χ3n) is 3.57. The Morgan fingerprint density at radius 2 is 2.12 bits per heavy atom. The van der Waals surface area contributed by atoms with Crippen molar-refractivity contribution in [2.45, 2.75) is 44.8 Å². The molecule has 5 heteroatoms. The summed E-state index contributed by atoms with van der Waals surface area (Å²) < 4.78 is 5.65. The van der Waals surface area contributed by atoms with E-state index in [1.807, 2.05) is 4.90 Å². The van der Waals surface area contributed by atoms with Gasteiger partial charge in [0.1, 0.15) is 6.61 Å². The highest BCUT2D eigenvalue weighted by atomic mass is 35.5. The van der Waals surface area contributed by atoms with Crippen LogP contribution in [0.2, 0.25) is 0 Å². The maximum Gasteiger partial charge on any atom is 0.248 e. The molecule has 1 saturated heterocycles. The molecule has 0 radical (unpaired) electrons. The topological polar surface area (TPSA) is 41.6 Å². The van der Waals surface area contributed by atoms with Gasteiger partial charge in [0.2, 0.25) is 5.91 Å². The van der Waals surface area contributed by atoms with Crippen molar-refractivity contribution in [3.8, 4) is 0 Å². The normalized spacial score (nSPS) is 25.7. The average molecular weight is 263 g/mol. The lowest BCUT2D eigenvalue weighted by Crippen LogP contribution is -2.53. The van der Waals surface area contributed by atoms with Gasteiger partial charge in [0.15, 0.2) is 0 Å². The second-order valence-corrected chi connectivity index (χ2v) is 4.86. The zero-order valence-electron chi connectivity index (χ0n) is 10.5. The summed E-state index contributed by atoms with van der Waals surface area (Å²) in [6.45, 7) is 4.97. The van der Waals surface area contributed by atoms with Crippen molar-refractivity contribution in [2.75, 3.05) is 26.2 Å². The number of halogens is 1. The van der Waals surface area contributed by atoms with E-state index in [9.17, 15) is 4.79 Å². The highest BCUT2D eigenvalue weighted by Gasteiger charge is 2.24. The lowest BCUT2D eigenvalue weighted by Gasteiger charge is -2.34. The summed E-state index contributed by atoms with van der Waals surface area (Å²) in [6, 6.07) is 0.299. The van der Waals surface area contributed by atoms with E-state index in [1.54, 1.807) is 0 Å². The lowest BCUT2D eigenvalue weighted by atomic mass is 10.2. The quantitative estimate of drug-likeness (QED) is 0.831. The van der Waals surface area contributed by atoms with E-state index in [-0.39, 0.29) is 24.9 Å². The number of carbonyl (C=O) groups excluding carboxylic acids is 1.